The van der Waals surface area contributed by atoms with Gasteiger partial charge in [-0.15, -0.1) is 0 Å². The molecule has 15 heavy (non-hydrogen) atoms. The fourth-order valence-corrected chi connectivity index (χ4v) is 1.91. The van der Waals surface area contributed by atoms with Crippen molar-refractivity contribution < 1.29 is 5.11 Å². The van der Waals surface area contributed by atoms with Gasteiger partial charge < -0.3 is 5.11 Å². The highest BCUT2D eigenvalue weighted by Crippen LogP contribution is 2.26. The molecule has 0 heterocycles. The Balaban J connectivity index is 3.09. The van der Waals surface area contributed by atoms with Gasteiger partial charge in [-0.2, -0.15) is 0 Å². The topological polar surface area (TPSA) is 20.2 Å². The third-order valence-corrected chi connectivity index (χ3v) is 3.12. The van der Waals surface area contributed by atoms with Crippen molar-refractivity contribution in [2.75, 3.05) is 6.61 Å². The minimum atomic E-state index is 0.249. The Morgan fingerprint density at radius 2 is 1.93 bits per heavy atom. The Morgan fingerprint density at radius 3 is 2.40 bits per heavy atom. The van der Waals surface area contributed by atoms with E-state index >= 15 is 0 Å². The van der Waals surface area contributed by atoms with E-state index in [0.717, 1.165) is 6.42 Å². The first-order chi connectivity index (χ1) is 7.10. The fourth-order valence-electron chi connectivity index (χ4n) is 1.91. The van der Waals surface area contributed by atoms with Crippen LogP contribution in [0.4, 0.5) is 0 Å². The maximum atomic E-state index is 9.33. The number of aliphatic hydroxyl groups is 1. The summed E-state index contributed by atoms with van der Waals surface area (Å²) in [5, 5.41) is 9.33. The summed E-state index contributed by atoms with van der Waals surface area (Å²) < 4.78 is 0. The van der Waals surface area contributed by atoms with Crippen molar-refractivity contribution in [3.63, 3.8) is 0 Å². The molecular formula is C14H22O. The summed E-state index contributed by atoms with van der Waals surface area (Å²) in [6.45, 7) is 8.90. The van der Waals surface area contributed by atoms with E-state index in [-0.39, 0.29) is 6.61 Å². The molecule has 1 heteroatoms. The summed E-state index contributed by atoms with van der Waals surface area (Å²) in [7, 11) is 0. The smallest absolute Gasteiger partial charge is 0.0499 e. The molecule has 1 aromatic carbocycles. The maximum Gasteiger partial charge on any atom is 0.0499 e. The van der Waals surface area contributed by atoms with E-state index in [4.69, 9.17) is 0 Å². The predicted molar refractivity (Wildman–Crippen MR) is 65.4 cm³/mol. The second kappa shape index (κ2) is 5.32. The largest absolute Gasteiger partial charge is 0.396 e. The van der Waals surface area contributed by atoms with E-state index in [1.807, 2.05) is 0 Å². The second-order valence-corrected chi connectivity index (χ2v) is 4.56. The van der Waals surface area contributed by atoms with Gasteiger partial charge in [0.2, 0.25) is 0 Å². The van der Waals surface area contributed by atoms with Gasteiger partial charge in [-0.05, 0) is 36.0 Å². The highest BCUT2D eigenvalue weighted by molar-refractivity contribution is 5.35. The first-order valence-corrected chi connectivity index (χ1v) is 5.81. The minimum absolute atomic E-state index is 0.249. The summed E-state index contributed by atoms with van der Waals surface area (Å²) in [4.78, 5) is 0. The Bertz CT molecular complexity index is 311. The van der Waals surface area contributed by atoms with Crippen molar-refractivity contribution in [1.82, 2.24) is 0 Å². The van der Waals surface area contributed by atoms with Crippen LogP contribution in [0.5, 0.6) is 0 Å². The van der Waals surface area contributed by atoms with Crippen LogP contribution < -0.4 is 0 Å². The predicted octanol–water partition coefficient (Wildman–Crippen LogP) is 3.60. The van der Waals surface area contributed by atoms with Crippen molar-refractivity contribution >= 4 is 0 Å². The van der Waals surface area contributed by atoms with E-state index in [1.54, 1.807) is 0 Å². The van der Waals surface area contributed by atoms with Crippen LogP contribution in [0.1, 0.15) is 55.7 Å². The normalized spacial score (nSPS) is 13.2. The standard InChI is InChI=1S/C14H22O/c1-5-12(9-15)14-8-13(10(2)3)7-6-11(14)4/h6-8,10,12,15H,5,9H2,1-4H3. The third kappa shape index (κ3) is 2.82. The molecule has 0 aliphatic heterocycles. The zero-order valence-corrected chi connectivity index (χ0v) is 10.2. The molecule has 0 aliphatic rings. The number of hydrogen-bond acceptors (Lipinski definition) is 1. The number of aryl methyl sites for hydroxylation is 1. The van der Waals surface area contributed by atoms with Crippen LogP contribution >= 0.6 is 0 Å². The summed E-state index contributed by atoms with van der Waals surface area (Å²) in [5.74, 6) is 0.851. The number of aliphatic hydroxyl groups excluding tert-OH is 1. The minimum Gasteiger partial charge on any atom is -0.396 e. The van der Waals surface area contributed by atoms with Gasteiger partial charge in [0, 0.05) is 12.5 Å². The van der Waals surface area contributed by atoms with Gasteiger partial charge in [0.15, 0.2) is 0 Å². The van der Waals surface area contributed by atoms with Crippen molar-refractivity contribution in [2.24, 2.45) is 0 Å². The third-order valence-electron chi connectivity index (χ3n) is 3.12. The van der Waals surface area contributed by atoms with E-state index in [2.05, 4.69) is 45.9 Å². The quantitative estimate of drug-likeness (QED) is 0.798. The average molecular weight is 206 g/mol. The molecule has 1 aromatic rings. The van der Waals surface area contributed by atoms with E-state index in [1.165, 1.54) is 16.7 Å². The molecule has 1 N–H and O–H groups in total. The molecule has 0 aliphatic carbocycles. The van der Waals surface area contributed by atoms with Gasteiger partial charge in [0.1, 0.15) is 0 Å². The summed E-state index contributed by atoms with van der Waals surface area (Å²) >= 11 is 0. The lowest BCUT2D eigenvalue weighted by molar-refractivity contribution is 0.262. The Labute approximate surface area is 93.1 Å². The van der Waals surface area contributed by atoms with Crippen LogP contribution in [0, 0.1) is 6.92 Å². The lowest BCUT2D eigenvalue weighted by atomic mass is 9.89. The highest BCUT2D eigenvalue weighted by Gasteiger charge is 2.12. The highest BCUT2D eigenvalue weighted by atomic mass is 16.3. The van der Waals surface area contributed by atoms with Crippen LogP contribution in [0.2, 0.25) is 0 Å². The molecule has 1 rings (SSSR count). The summed E-state index contributed by atoms with van der Waals surface area (Å²) in [6, 6.07) is 6.61. The van der Waals surface area contributed by atoms with Crippen LogP contribution in [-0.4, -0.2) is 11.7 Å². The molecule has 0 spiro atoms. The van der Waals surface area contributed by atoms with E-state index in [9.17, 15) is 5.11 Å². The fraction of sp³-hybridized carbons (Fsp3) is 0.571. The van der Waals surface area contributed by atoms with Crippen LogP contribution in [0.3, 0.4) is 0 Å². The molecule has 1 nitrogen and oxygen atoms in total. The molecule has 0 aromatic heterocycles. The van der Waals surface area contributed by atoms with Crippen molar-refractivity contribution in [3.8, 4) is 0 Å². The van der Waals surface area contributed by atoms with Gasteiger partial charge in [0.05, 0.1) is 0 Å². The van der Waals surface area contributed by atoms with Crippen molar-refractivity contribution in [3.05, 3.63) is 34.9 Å². The lowest BCUT2D eigenvalue weighted by Gasteiger charge is -2.17. The molecule has 84 valence electrons. The lowest BCUT2D eigenvalue weighted by Crippen LogP contribution is -2.05. The number of benzene rings is 1. The molecule has 0 bridgehead atoms. The Hall–Kier alpha value is -0.820. The van der Waals surface area contributed by atoms with Crippen molar-refractivity contribution in [1.29, 1.82) is 0 Å². The van der Waals surface area contributed by atoms with Crippen LogP contribution in [0.15, 0.2) is 18.2 Å². The second-order valence-electron chi connectivity index (χ2n) is 4.56. The number of rotatable bonds is 4. The van der Waals surface area contributed by atoms with E-state index in [0.29, 0.717) is 11.8 Å². The molecule has 0 amide bonds. The molecule has 0 radical (unpaired) electrons. The number of hydrogen-bond donors (Lipinski definition) is 1. The van der Waals surface area contributed by atoms with Gasteiger partial charge in [-0.25, -0.2) is 0 Å². The molecule has 1 unspecified atom stereocenters. The SMILES string of the molecule is CCC(CO)c1cc(C(C)C)ccc1C. The average Bonchev–Trinajstić information content (AvgIpc) is 2.22. The van der Waals surface area contributed by atoms with Crippen LogP contribution in [-0.2, 0) is 0 Å². The van der Waals surface area contributed by atoms with Gasteiger partial charge in [0.25, 0.3) is 0 Å². The van der Waals surface area contributed by atoms with Crippen LogP contribution in [0.25, 0.3) is 0 Å². The molecule has 0 saturated carbocycles. The van der Waals surface area contributed by atoms with Gasteiger partial charge in [-0.1, -0.05) is 39.0 Å². The molecule has 1 atom stereocenters. The summed E-state index contributed by atoms with van der Waals surface area (Å²) in [5.41, 5.74) is 3.97. The Kier molecular flexibility index (Phi) is 4.34. The maximum absolute atomic E-state index is 9.33. The van der Waals surface area contributed by atoms with Gasteiger partial charge in [-0.3, -0.25) is 0 Å². The Morgan fingerprint density at radius 1 is 1.27 bits per heavy atom. The zero-order valence-electron chi connectivity index (χ0n) is 10.2. The monoisotopic (exact) mass is 206 g/mol. The zero-order chi connectivity index (χ0) is 11.4. The van der Waals surface area contributed by atoms with Crippen molar-refractivity contribution in [2.45, 2.75) is 46.0 Å². The molecular weight excluding hydrogens is 184 g/mol. The first kappa shape index (κ1) is 12.3. The van der Waals surface area contributed by atoms with Gasteiger partial charge >= 0.3 is 0 Å². The van der Waals surface area contributed by atoms with E-state index < -0.39 is 0 Å². The molecule has 0 fully saturated rings. The first-order valence-electron chi connectivity index (χ1n) is 5.81. The molecule has 0 saturated heterocycles. The summed E-state index contributed by atoms with van der Waals surface area (Å²) in [6.07, 6.45) is 0.999.